The largest absolute Gasteiger partial charge is 0.466 e. The van der Waals surface area contributed by atoms with Crippen LogP contribution in [0, 0.1) is 0 Å². The highest BCUT2D eigenvalue weighted by atomic mass is 16.5. The average molecular weight is 250 g/mol. The van der Waals surface area contributed by atoms with E-state index >= 15 is 0 Å². The number of unbranched alkanes of at least 4 members (excludes halogenated alkanes) is 1. The molecule has 1 aromatic rings. The van der Waals surface area contributed by atoms with Crippen LogP contribution in [0.4, 0.5) is 0 Å². The van der Waals surface area contributed by atoms with Crippen LogP contribution in [0.2, 0.25) is 0 Å². The summed E-state index contributed by atoms with van der Waals surface area (Å²) < 4.78 is 9.90. The van der Waals surface area contributed by atoms with Gasteiger partial charge >= 0.3 is 11.9 Å². The second kappa shape index (κ2) is 8.28. The molecule has 0 fully saturated rings. The summed E-state index contributed by atoms with van der Waals surface area (Å²) in [6.45, 7) is 2.17. The molecule has 98 valence electrons. The smallest absolute Gasteiger partial charge is 0.311 e. The summed E-state index contributed by atoms with van der Waals surface area (Å²) in [4.78, 5) is 22.5. The molecular formula is C14H18O4. The van der Waals surface area contributed by atoms with Crippen molar-refractivity contribution in [2.45, 2.75) is 32.6 Å². The monoisotopic (exact) mass is 250 g/mol. The van der Waals surface area contributed by atoms with E-state index in [1.165, 1.54) is 0 Å². The van der Waals surface area contributed by atoms with Gasteiger partial charge in [0, 0.05) is 12.8 Å². The SMILES string of the molecule is CCOC(=O)CCCCC(=O)Oc1ccccc1. The van der Waals surface area contributed by atoms with Gasteiger partial charge in [-0.1, -0.05) is 18.2 Å². The summed E-state index contributed by atoms with van der Waals surface area (Å²) in [5.41, 5.74) is 0. The molecule has 1 aromatic carbocycles. The summed E-state index contributed by atoms with van der Waals surface area (Å²) in [7, 11) is 0. The first kappa shape index (κ1) is 14.2. The van der Waals surface area contributed by atoms with E-state index in [4.69, 9.17) is 9.47 Å². The Kier molecular flexibility index (Phi) is 6.54. The third-order valence-corrected chi connectivity index (χ3v) is 2.29. The Balaban J connectivity index is 2.12. The minimum Gasteiger partial charge on any atom is -0.466 e. The molecule has 0 saturated carbocycles. The molecule has 0 N–H and O–H groups in total. The quantitative estimate of drug-likeness (QED) is 0.424. The molecule has 4 heteroatoms. The zero-order valence-electron chi connectivity index (χ0n) is 10.6. The van der Waals surface area contributed by atoms with Crippen LogP contribution in [0.15, 0.2) is 30.3 Å². The van der Waals surface area contributed by atoms with Gasteiger partial charge in [0.2, 0.25) is 0 Å². The number of para-hydroxylation sites is 1. The van der Waals surface area contributed by atoms with Gasteiger partial charge in [-0.25, -0.2) is 0 Å². The number of carbonyl (C=O) groups excluding carboxylic acids is 2. The van der Waals surface area contributed by atoms with Crippen LogP contribution < -0.4 is 4.74 Å². The van der Waals surface area contributed by atoms with Gasteiger partial charge in [-0.15, -0.1) is 0 Å². The Morgan fingerprint density at radius 3 is 2.22 bits per heavy atom. The van der Waals surface area contributed by atoms with E-state index in [1.807, 2.05) is 18.2 Å². The standard InChI is InChI=1S/C14H18O4/c1-2-17-13(15)10-6-7-11-14(16)18-12-8-4-3-5-9-12/h3-5,8-9H,2,6-7,10-11H2,1H3. The topological polar surface area (TPSA) is 52.6 Å². The Hall–Kier alpha value is -1.84. The van der Waals surface area contributed by atoms with Crippen LogP contribution in [-0.2, 0) is 14.3 Å². The fourth-order valence-electron chi connectivity index (χ4n) is 1.44. The van der Waals surface area contributed by atoms with Gasteiger partial charge in [-0.3, -0.25) is 9.59 Å². The number of benzene rings is 1. The molecule has 0 radical (unpaired) electrons. The predicted molar refractivity (Wildman–Crippen MR) is 67.2 cm³/mol. The van der Waals surface area contributed by atoms with Crippen molar-refractivity contribution in [1.29, 1.82) is 0 Å². The van der Waals surface area contributed by atoms with Crippen LogP contribution in [0.3, 0.4) is 0 Å². The molecule has 0 bridgehead atoms. The van der Waals surface area contributed by atoms with Gasteiger partial charge < -0.3 is 9.47 Å². The van der Waals surface area contributed by atoms with Gasteiger partial charge in [0.05, 0.1) is 6.61 Å². The molecular weight excluding hydrogens is 232 g/mol. The summed E-state index contributed by atoms with van der Waals surface area (Å²) in [6, 6.07) is 8.94. The maximum atomic E-state index is 11.4. The van der Waals surface area contributed by atoms with Crippen molar-refractivity contribution in [3.63, 3.8) is 0 Å². The summed E-state index contributed by atoms with van der Waals surface area (Å²) in [5, 5.41) is 0. The Labute approximate surface area is 107 Å². The lowest BCUT2D eigenvalue weighted by atomic mass is 10.2. The molecule has 4 nitrogen and oxygen atoms in total. The van der Waals surface area contributed by atoms with E-state index in [0.29, 0.717) is 38.0 Å². The van der Waals surface area contributed by atoms with Gasteiger partial charge in [0.15, 0.2) is 0 Å². The average Bonchev–Trinajstić information content (AvgIpc) is 2.36. The number of hydrogen-bond donors (Lipinski definition) is 0. The minimum atomic E-state index is -0.273. The van der Waals surface area contributed by atoms with E-state index in [-0.39, 0.29) is 11.9 Å². The number of esters is 2. The zero-order valence-corrected chi connectivity index (χ0v) is 10.6. The maximum absolute atomic E-state index is 11.4. The fraction of sp³-hybridized carbons (Fsp3) is 0.429. The molecule has 0 unspecified atom stereocenters. The Morgan fingerprint density at radius 2 is 1.61 bits per heavy atom. The summed E-state index contributed by atoms with van der Waals surface area (Å²) in [6.07, 6.45) is 1.94. The molecule has 0 saturated heterocycles. The van der Waals surface area contributed by atoms with Crippen LogP contribution in [0.5, 0.6) is 5.75 Å². The molecule has 0 amide bonds. The van der Waals surface area contributed by atoms with Crippen LogP contribution in [0.25, 0.3) is 0 Å². The molecule has 0 heterocycles. The maximum Gasteiger partial charge on any atom is 0.311 e. The van der Waals surface area contributed by atoms with Gasteiger partial charge in [-0.2, -0.15) is 0 Å². The minimum absolute atomic E-state index is 0.214. The highest BCUT2D eigenvalue weighted by Crippen LogP contribution is 2.10. The predicted octanol–water partition coefficient (Wildman–Crippen LogP) is 2.72. The van der Waals surface area contributed by atoms with Gasteiger partial charge in [-0.05, 0) is 31.9 Å². The van der Waals surface area contributed by atoms with Crippen molar-refractivity contribution in [3.05, 3.63) is 30.3 Å². The lowest BCUT2D eigenvalue weighted by molar-refractivity contribution is -0.143. The van der Waals surface area contributed by atoms with Crippen LogP contribution in [-0.4, -0.2) is 18.5 Å². The highest BCUT2D eigenvalue weighted by Gasteiger charge is 2.06. The van der Waals surface area contributed by atoms with Crippen LogP contribution in [0.1, 0.15) is 32.6 Å². The van der Waals surface area contributed by atoms with E-state index in [0.717, 1.165) is 0 Å². The molecule has 0 aliphatic carbocycles. The Bertz CT molecular complexity index is 373. The van der Waals surface area contributed by atoms with E-state index in [2.05, 4.69) is 0 Å². The van der Waals surface area contributed by atoms with Crippen molar-refractivity contribution in [3.8, 4) is 5.75 Å². The van der Waals surface area contributed by atoms with Crippen molar-refractivity contribution in [1.82, 2.24) is 0 Å². The van der Waals surface area contributed by atoms with Crippen molar-refractivity contribution in [2.75, 3.05) is 6.61 Å². The first-order chi connectivity index (χ1) is 8.72. The Morgan fingerprint density at radius 1 is 1.00 bits per heavy atom. The van der Waals surface area contributed by atoms with E-state index in [1.54, 1.807) is 19.1 Å². The summed E-state index contributed by atoms with van der Waals surface area (Å²) >= 11 is 0. The molecule has 0 atom stereocenters. The number of ether oxygens (including phenoxy) is 2. The van der Waals surface area contributed by atoms with Gasteiger partial charge in [0.1, 0.15) is 5.75 Å². The lowest BCUT2D eigenvalue weighted by Crippen LogP contribution is -2.08. The molecule has 0 aromatic heterocycles. The molecule has 1 rings (SSSR count). The number of hydrogen-bond acceptors (Lipinski definition) is 4. The molecule has 0 aliphatic heterocycles. The highest BCUT2D eigenvalue weighted by molar-refractivity contribution is 5.72. The summed E-state index contributed by atoms with van der Waals surface area (Å²) in [5.74, 6) is 0.0619. The third-order valence-electron chi connectivity index (χ3n) is 2.29. The third kappa shape index (κ3) is 6.03. The van der Waals surface area contributed by atoms with Crippen LogP contribution >= 0.6 is 0 Å². The van der Waals surface area contributed by atoms with Crippen molar-refractivity contribution < 1.29 is 19.1 Å². The number of rotatable bonds is 7. The first-order valence-electron chi connectivity index (χ1n) is 6.13. The zero-order chi connectivity index (χ0) is 13.2. The van der Waals surface area contributed by atoms with Crippen molar-refractivity contribution in [2.24, 2.45) is 0 Å². The molecule has 0 spiro atoms. The van der Waals surface area contributed by atoms with E-state index < -0.39 is 0 Å². The molecule has 0 aliphatic rings. The van der Waals surface area contributed by atoms with E-state index in [9.17, 15) is 9.59 Å². The lowest BCUT2D eigenvalue weighted by Gasteiger charge is -2.04. The second-order valence-corrected chi connectivity index (χ2v) is 3.80. The second-order valence-electron chi connectivity index (χ2n) is 3.80. The normalized spacial score (nSPS) is 9.83. The van der Waals surface area contributed by atoms with Crippen molar-refractivity contribution >= 4 is 11.9 Å². The first-order valence-corrected chi connectivity index (χ1v) is 6.13. The molecule has 18 heavy (non-hydrogen) atoms. The fourth-order valence-corrected chi connectivity index (χ4v) is 1.44. The number of carbonyl (C=O) groups is 2. The van der Waals surface area contributed by atoms with Gasteiger partial charge in [0.25, 0.3) is 0 Å².